The number of hydrogen-bond acceptors (Lipinski definition) is 0. The Hall–Kier alpha value is 0.423. The van der Waals surface area contributed by atoms with E-state index in [1.807, 2.05) is 20.3 Å². The smallest absolute Gasteiger partial charge is 0.335 e. The van der Waals surface area contributed by atoms with Crippen LogP contribution in [-0.2, 0) is 26.2 Å². The molecule has 2 rings (SSSR count). The fourth-order valence-electron chi connectivity index (χ4n) is 2.32. The van der Waals surface area contributed by atoms with Gasteiger partial charge in [-0.1, -0.05) is 53.4 Å². The molecule has 0 spiro atoms. The number of rotatable bonds is 0. The topological polar surface area (TPSA) is 0 Å². The quantitative estimate of drug-likeness (QED) is 0.336. The van der Waals surface area contributed by atoms with Crippen molar-refractivity contribution in [2.45, 2.75) is 69.2 Å². The van der Waals surface area contributed by atoms with E-state index >= 15 is 0 Å². The van der Waals surface area contributed by atoms with Gasteiger partial charge in [0.15, 0.2) is 0 Å². The Kier molecular flexibility index (Phi) is 21.0. The predicted octanol–water partition coefficient (Wildman–Crippen LogP) is 7.52. The van der Waals surface area contributed by atoms with Crippen molar-refractivity contribution in [3.8, 4) is 0 Å². The van der Waals surface area contributed by atoms with Crippen molar-refractivity contribution in [2.24, 2.45) is 11.8 Å². The zero-order valence-corrected chi connectivity index (χ0v) is 21.1. The van der Waals surface area contributed by atoms with Crippen molar-refractivity contribution in [1.82, 2.24) is 0 Å². The summed E-state index contributed by atoms with van der Waals surface area (Å²) >= 11 is 0. The fourth-order valence-corrected chi connectivity index (χ4v) is 2.32. The van der Waals surface area contributed by atoms with Crippen LogP contribution in [0.5, 0.6) is 0 Å². The van der Waals surface area contributed by atoms with Crippen molar-refractivity contribution in [3.63, 3.8) is 0 Å². The molecule has 0 aromatic rings. The van der Waals surface area contributed by atoms with Gasteiger partial charge in [-0.2, -0.15) is 36.1 Å². The summed E-state index contributed by atoms with van der Waals surface area (Å²) in [5.41, 5.74) is 8.49. The second-order valence-electron chi connectivity index (χ2n) is 6.18. The molecule has 0 saturated heterocycles. The standard InChI is InChI=1S/2C9H13.C3H7.2ClH.Zr/c2*1-6-5-7(2)9(4)8(6)3;1-3-2;;;/h2*6H,1-4H3;3H,1-2H3;2*1H;/q3*-1;;;+3. The van der Waals surface area contributed by atoms with Crippen LogP contribution in [-0.4, -0.2) is 0 Å². The van der Waals surface area contributed by atoms with E-state index in [-0.39, 0.29) is 51.0 Å². The van der Waals surface area contributed by atoms with Crippen LogP contribution in [0.25, 0.3) is 0 Å². The van der Waals surface area contributed by atoms with Gasteiger partial charge in [0.05, 0.1) is 0 Å². The molecule has 24 heavy (non-hydrogen) atoms. The van der Waals surface area contributed by atoms with E-state index in [9.17, 15) is 0 Å². The summed E-state index contributed by atoms with van der Waals surface area (Å²) in [6.07, 6.45) is 8.72. The molecule has 0 nitrogen and oxygen atoms in total. The van der Waals surface area contributed by atoms with Crippen molar-refractivity contribution < 1.29 is 26.2 Å². The number of allylic oxidation sites excluding steroid dienone is 8. The maximum atomic E-state index is 3.36. The zero-order valence-electron chi connectivity index (χ0n) is 17.0. The molecule has 3 heteroatoms. The van der Waals surface area contributed by atoms with Crippen LogP contribution in [0, 0.1) is 30.4 Å². The first-order valence-electron chi connectivity index (χ1n) is 7.96. The third-order valence-corrected chi connectivity index (χ3v) is 4.47. The molecular weight excluding hydrogens is 414 g/mol. The Morgan fingerprint density at radius 3 is 0.917 bits per heavy atom. The van der Waals surface area contributed by atoms with Gasteiger partial charge in [0, 0.05) is 0 Å². The molecule has 0 N–H and O–H groups in total. The van der Waals surface area contributed by atoms with Crippen LogP contribution >= 0.6 is 24.8 Å². The fraction of sp³-hybridized carbons (Fsp3) is 0.571. The first kappa shape index (κ1) is 32.1. The molecule has 1 radical (unpaired) electrons. The van der Waals surface area contributed by atoms with E-state index in [2.05, 4.69) is 67.5 Å². The van der Waals surface area contributed by atoms with E-state index in [4.69, 9.17) is 0 Å². The van der Waals surface area contributed by atoms with Gasteiger partial charge in [0.1, 0.15) is 0 Å². The van der Waals surface area contributed by atoms with Gasteiger partial charge < -0.3 is 6.42 Å². The third-order valence-electron chi connectivity index (χ3n) is 4.47. The molecule has 0 aliphatic heterocycles. The van der Waals surface area contributed by atoms with Crippen LogP contribution in [0.3, 0.4) is 0 Å². The molecule has 0 heterocycles. The summed E-state index contributed by atoms with van der Waals surface area (Å²) in [6.45, 7) is 21.3. The van der Waals surface area contributed by atoms with Crippen LogP contribution in [0.2, 0.25) is 0 Å². The largest absolute Gasteiger partial charge is 3.00 e. The minimum absolute atomic E-state index is 0. The summed E-state index contributed by atoms with van der Waals surface area (Å²) in [7, 11) is 0. The third kappa shape index (κ3) is 9.79. The Bertz CT molecular complexity index is 438. The first-order chi connectivity index (χ1) is 9.67. The zero-order chi connectivity index (χ0) is 16.7. The normalized spacial score (nSPS) is 21.1. The summed E-state index contributed by atoms with van der Waals surface area (Å²) in [5.74, 6) is 1.12. The van der Waals surface area contributed by atoms with Crippen LogP contribution < -0.4 is 0 Å². The summed E-state index contributed by atoms with van der Waals surface area (Å²) < 4.78 is 0. The Morgan fingerprint density at radius 1 is 0.667 bits per heavy atom. The van der Waals surface area contributed by atoms with Crippen LogP contribution in [0.15, 0.2) is 33.4 Å². The molecule has 2 aliphatic rings. The van der Waals surface area contributed by atoms with Crippen LogP contribution in [0.4, 0.5) is 0 Å². The molecule has 2 unspecified atom stereocenters. The second kappa shape index (κ2) is 15.7. The second-order valence-corrected chi connectivity index (χ2v) is 6.18. The van der Waals surface area contributed by atoms with Crippen molar-refractivity contribution >= 4 is 24.8 Å². The molecule has 0 amide bonds. The molecule has 0 aromatic heterocycles. The predicted molar refractivity (Wildman–Crippen MR) is 110 cm³/mol. The van der Waals surface area contributed by atoms with Crippen LogP contribution in [0.1, 0.15) is 69.2 Å². The van der Waals surface area contributed by atoms with Crippen molar-refractivity contribution in [3.05, 3.63) is 52.0 Å². The van der Waals surface area contributed by atoms with Gasteiger partial charge >= 0.3 is 26.2 Å². The van der Waals surface area contributed by atoms with Gasteiger partial charge in [-0.25, -0.2) is 11.1 Å². The Labute approximate surface area is 183 Å². The Morgan fingerprint density at radius 2 is 0.875 bits per heavy atom. The molecular formula is C21H35Cl2Zr. The molecule has 0 fully saturated rings. The minimum atomic E-state index is 0. The van der Waals surface area contributed by atoms with Crippen molar-refractivity contribution in [1.29, 1.82) is 0 Å². The Balaban J connectivity index is -0.000000130. The molecule has 137 valence electrons. The van der Waals surface area contributed by atoms with E-state index < -0.39 is 0 Å². The van der Waals surface area contributed by atoms with Gasteiger partial charge in [0.25, 0.3) is 0 Å². The van der Waals surface area contributed by atoms with Gasteiger partial charge in [-0.3, -0.25) is 12.2 Å². The van der Waals surface area contributed by atoms with Gasteiger partial charge in [-0.15, -0.1) is 38.7 Å². The monoisotopic (exact) mass is 447 g/mol. The summed E-state index contributed by atoms with van der Waals surface area (Å²) in [5, 5.41) is 0. The molecule has 0 bridgehead atoms. The first-order valence-corrected chi connectivity index (χ1v) is 7.96. The summed E-state index contributed by atoms with van der Waals surface area (Å²) in [6, 6.07) is 0. The molecule has 0 aromatic carbocycles. The number of halogens is 2. The maximum Gasteiger partial charge on any atom is 3.00 e. The average molecular weight is 450 g/mol. The average Bonchev–Trinajstić information content (AvgIpc) is 2.77. The van der Waals surface area contributed by atoms with E-state index in [0.29, 0.717) is 11.8 Å². The molecule has 0 saturated carbocycles. The van der Waals surface area contributed by atoms with E-state index in [1.54, 1.807) is 0 Å². The number of hydrogen-bond donors (Lipinski definition) is 0. The van der Waals surface area contributed by atoms with E-state index in [0.717, 1.165) is 0 Å². The van der Waals surface area contributed by atoms with Gasteiger partial charge in [-0.05, 0) is 0 Å². The SMILES string of the molecule is CC1=[C-]C(C)C(C)=C1C.CC1=[C-]C(C)C(C)=C1C.C[CH-]C.Cl.Cl.[Zr+3]. The molecule has 2 aliphatic carbocycles. The van der Waals surface area contributed by atoms with Gasteiger partial charge in [0.2, 0.25) is 0 Å². The summed E-state index contributed by atoms with van der Waals surface area (Å²) in [4.78, 5) is 0. The van der Waals surface area contributed by atoms with E-state index in [1.165, 1.54) is 33.4 Å². The van der Waals surface area contributed by atoms with Crippen molar-refractivity contribution in [2.75, 3.05) is 0 Å². The minimum Gasteiger partial charge on any atom is -0.335 e. The maximum absolute atomic E-state index is 3.36. The molecule has 2 atom stereocenters.